The van der Waals surface area contributed by atoms with E-state index in [-0.39, 0.29) is 6.10 Å². The second-order valence-corrected chi connectivity index (χ2v) is 6.17. The van der Waals surface area contributed by atoms with Crippen LogP contribution >= 0.6 is 11.3 Å². The molecule has 0 amide bonds. The first-order valence-corrected chi connectivity index (χ1v) is 7.51. The van der Waals surface area contributed by atoms with Crippen molar-refractivity contribution in [2.45, 2.75) is 33.3 Å². The van der Waals surface area contributed by atoms with E-state index >= 15 is 0 Å². The van der Waals surface area contributed by atoms with Gasteiger partial charge in [0.05, 0.1) is 11.8 Å². The lowest BCUT2D eigenvalue weighted by Gasteiger charge is -2.35. The largest absolute Gasteiger partial charge is 0.392 e. The number of anilines is 1. The van der Waals surface area contributed by atoms with E-state index in [2.05, 4.69) is 28.6 Å². The van der Waals surface area contributed by atoms with Crippen molar-refractivity contribution in [1.29, 1.82) is 0 Å². The molecule has 18 heavy (non-hydrogen) atoms. The molecule has 0 bridgehead atoms. The van der Waals surface area contributed by atoms with Crippen LogP contribution in [0.4, 0.5) is 5.13 Å². The van der Waals surface area contributed by atoms with Crippen LogP contribution in [0.2, 0.25) is 0 Å². The molecule has 1 aromatic rings. The van der Waals surface area contributed by atoms with Crippen LogP contribution < -0.4 is 4.90 Å². The fourth-order valence-corrected chi connectivity index (χ4v) is 3.10. The van der Waals surface area contributed by atoms with Gasteiger partial charge in [0.15, 0.2) is 5.13 Å². The van der Waals surface area contributed by atoms with Crippen molar-refractivity contribution in [2.24, 2.45) is 0 Å². The zero-order chi connectivity index (χ0) is 13.1. The molecule has 1 aliphatic rings. The summed E-state index contributed by atoms with van der Waals surface area (Å²) in [7, 11) is 0. The highest BCUT2D eigenvalue weighted by atomic mass is 32.1. The van der Waals surface area contributed by atoms with E-state index in [0.717, 1.165) is 50.0 Å². The summed E-state index contributed by atoms with van der Waals surface area (Å²) in [5.41, 5.74) is 1.15. The first kappa shape index (κ1) is 13.8. The van der Waals surface area contributed by atoms with Gasteiger partial charge >= 0.3 is 0 Å². The number of nitrogens with zero attached hydrogens (tertiary/aromatic N) is 3. The smallest absolute Gasteiger partial charge is 0.185 e. The maximum absolute atomic E-state index is 9.67. The van der Waals surface area contributed by atoms with Crippen molar-refractivity contribution < 1.29 is 5.11 Å². The van der Waals surface area contributed by atoms with Crippen LogP contribution in [0.15, 0.2) is 0 Å². The molecular weight excluding hydrogens is 246 g/mol. The minimum Gasteiger partial charge on any atom is -0.392 e. The Labute approximate surface area is 113 Å². The summed E-state index contributed by atoms with van der Waals surface area (Å²) >= 11 is 1.79. The van der Waals surface area contributed by atoms with Crippen LogP contribution in [0.5, 0.6) is 0 Å². The Morgan fingerprint density at radius 3 is 2.44 bits per heavy atom. The van der Waals surface area contributed by atoms with E-state index in [1.54, 1.807) is 11.3 Å². The van der Waals surface area contributed by atoms with Crippen molar-refractivity contribution in [3.8, 4) is 0 Å². The molecular formula is C13H23N3OS. The van der Waals surface area contributed by atoms with Gasteiger partial charge in [0.1, 0.15) is 0 Å². The maximum atomic E-state index is 9.67. The summed E-state index contributed by atoms with van der Waals surface area (Å²) in [6, 6.07) is 0. The van der Waals surface area contributed by atoms with Gasteiger partial charge in [-0.3, -0.25) is 4.90 Å². The van der Waals surface area contributed by atoms with E-state index in [4.69, 9.17) is 0 Å². The van der Waals surface area contributed by atoms with Crippen molar-refractivity contribution in [3.05, 3.63) is 10.6 Å². The Balaban J connectivity index is 1.86. The second kappa shape index (κ2) is 5.99. The number of aliphatic hydroxyl groups is 1. The Morgan fingerprint density at radius 1 is 1.28 bits per heavy atom. The van der Waals surface area contributed by atoms with E-state index in [0.29, 0.717) is 0 Å². The van der Waals surface area contributed by atoms with E-state index < -0.39 is 0 Å². The lowest BCUT2D eigenvalue weighted by atomic mass is 10.2. The zero-order valence-corrected chi connectivity index (χ0v) is 12.3. The Bertz CT molecular complexity index is 366. The number of piperazine rings is 1. The molecule has 0 radical (unpaired) electrons. The minimum absolute atomic E-state index is 0.180. The third kappa shape index (κ3) is 3.22. The molecule has 0 unspecified atom stereocenters. The number of rotatable bonds is 4. The normalized spacial score (nSPS) is 19.2. The van der Waals surface area contributed by atoms with E-state index in [9.17, 15) is 5.11 Å². The van der Waals surface area contributed by atoms with Crippen LogP contribution in [0.3, 0.4) is 0 Å². The summed E-state index contributed by atoms with van der Waals surface area (Å²) in [5, 5.41) is 10.8. The maximum Gasteiger partial charge on any atom is 0.185 e. The first-order chi connectivity index (χ1) is 8.60. The van der Waals surface area contributed by atoms with Crippen LogP contribution in [0.1, 0.15) is 23.9 Å². The van der Waals surface area contributed by atoms with Gasteiger partial charge in [-0.05, 0) is 20.3 Å². The highest BCUT2D eigenvalue weighted by molar-refractivity contribution is 7.15. The molecule has 0 spiro atoms. The number of β-amino-alcohol motifs (C(OH)–C–C–N with tert-alkyl or cyclic N) is 1. The monoisotopic (exact) mass is 269 g/mol. The van der Waals surface area contributed by atoms with Crippen LogP contribution in [0.25, 0.3) is 0 Å². The first-order valence-electron chi connectivity index (χ1n) is 6.69. The van der Waals surface area contributed by atoms with Crippen LogP contribution in [0, 0.1) is 13.8 Å². The highest BCUT2D eigenvalue weighted by Crippen LogP contribution is 2.25. The lowest BCUT2D eigenvalue weighted by Crippen LogP contribution is -2.48. The van der Waals surface area contributed by atoms with E-state index in [1.165, 1.54) is 4.88 Å². The van der Waals surface area contributed by atoms with Gasteiger partial charge in [-0.25, -0.2) is 4.98 Å². The van der Waals surface area contributed by atoms with Crippen LogP contribution in [-0.4, -0.2) is 53.8 Å². The standard InChI is InChI=1S/C13H23N3OS/c1-4-12(17)9-15-5-7-16(8-6-15)13-14-10(2)11(3)18-13/h12,17H,4-9H2,1-3H3/t12-/m1/s1. The predicted molar refractivity (Wildman–Crippen MR) is 76.5 cm³/mol. The third-order valence-corrected chi connectivity index (χ3v) is 4.73. The summed E-state index contributed by atoms with van der Waals surface area (Å²) in [6.07, 6.45) is 0.659. The summed E-state index contributed by atoms with van der Waals surface area (Å²) < 4.78 is 0. The fourth-order valence-electron chi connectivity index (χ4n) is 2.14. The number of hydrogen-bond acceptors (Lipinski definition) is 5. The van der Waals surface area contributed by atoms with Crippen LogP contribution in [-0.2, 0) is 0 Å². The molecule has 5 heteroatoms. The molecule has 0 saturated carbocycles. The van der Waals surface area contributed by atoms with Gasteiger partial charge in [0.25, 0.3) is 0 Å². The summed E-state index contributed by atoms with van der Waals surface area (Å²) in [4.78, 5) is 10.6. The number of thiazole rings is 1. The SMILES string of the molecule is CC[C@@H](O)CN1CCN(c2nc(C)c(C)s2)CC1. The molecule has 1 fully saturated rings. The Kier molecular flexibility index (Phi) is 4.59. The molecule has 2 heterocycles. The molecule has 0 aliphatic carbocycles. The number of aliphatic hydroxyl groups excluding tert-OH is 1. The van der Waals surface area contributed by atoms with Gasteiger partial charge in [0.2, 0.25) is 0 Å². The van der Waals surface area contributed by atoms with Gasteiger partial charge in [-0.15, -0.1) is 11.3 Å². The average molecular weight is 269 g/mol. The molecule has 1 atom stereocenters. The minimum atomic E-state index is -0.180. The Hall–Kier alpha value is -0.650. The van der Waals surface area contributed by atoms with Crippen molar-refractivity contribution in [3.63, 3.8) is 0 Å². The third-order valence-electron chi connectivity index (χ3n) is 3.60. The topological polar surface area (TPSA) is 39.6 Å². The number of hydrogen-bond donors (Lipinski definition) is 1. The fraction of sp³-hybridized carbons (Fsp3) is 0.769. The predicted octanol–water partition coefficient (Wildman–Crippen LogP) is 1.65. The molecule has 1 aliphatic heterocycles. The number of aromatic nitrogens is 1. The molecule has 1 saturated heterocycles. The summed E-state index contributed by atoms with van der Waals surface area (Å²) in [5.74, 6) is 0. The van der Waals surface area contributed by atoms with Crippen molar-refractivity contribution in [1.82, 2.24) is 9.88 Å². The zero-order valence-electron chi connectivity index (χ0n) is 11.5. The molecule has 0 aromatic carbocycles. The van der Waals surface area contributed by atoms with Gasteiger partial charge in [-0.2, -0.15) is 0 Å². The van der Waals surface area contributed by atoms with Crippen molar-refractivity contribution >= 4 is 16.5 Å². The summed E-state index contributed by atoms with van der Waals surface area (Å²) in [6.45, 7) is 11.1. The Morgan fingerprint density at radius 2 is 1.94 bits per heavy atom. The molecule has 1 aromatic heterocycles. The average Bonchev–Trinajstić information content (AvgIpc) is 2.70. The molecule has 1 N–H and O–H groups in total. The van der Waals surface area contributed by atoms with E-state index in [1.807, 2.05) is 6.92 Å². The molecule has 2 rings (SSSR count). The highest BCUT2D eigenvalue weighted by Gasteiger charge is 2.20. The van der Waals surface area contributed by atoms with Gasteiger partial charge in [-0.1, -0.05) is 6.92 Å². The molecule has 102 valence electrons. The van der Waals surface area contributed by atoms with Gasteiger partial charge in [0, 0.05) is 37.6 Å². The van der Waals surface area contributed by atoms with Crippen molar-refractivity contribution in [2.75, 3.05) is 37.6 Å². The van der Waals surface area contributed by atoms with Gasteiger partial charge < -0.3 is 10.0 Å². The lowest BCUT2D eigenvalue weighted by molar-refractivity contribution is 0.106. The second-order valence-electron chi connectivity index (χ2n) is 4.99. The number of aryl methyl sites for hydroxylation is 2. The molecule has 4 nitrogen and oxygen atoms in total. The quantitative estimate of drug-likeness (QED) is 0.902.